The first-order valence-electron chi connectivity index (χ1n) is 1.42. The van der Waals surface area contributed by atoms with Gasteiger partial charge in [-0.15, -0.1) is 11.3 Å². The van der Waals surface area contributed by atoms with E-state index in [1.165, 1.54) is 11.3 Å². The van der Waals surface area contributed by atoms with Gasteiger partial charge in [0.1, 0.15) is 0 Å². The quantitative estimate of drug-likeness (QED) is 0.546. The van der Waals surface area contributed by atoms with E-state index >= 15 is 0 Å². The van der Waals surface area contributed by atoms with E-state index in [0.29, 0.717) is 0 Å². The Hall–Kier alpha value is 0.180. The Morgan fingerprint density at radius 2 is 2.67 bits per heavy atom. The maximum atomic E-state index is 3.20. The van der Waals surface area contributed by atoms with Crippen LogP contribution in [0.5, 0.6) is 0 Å². The van der Waals surface area contributed by atoms with E-state index in [2.05, 4.69) is 26.7 Å². The molecule has 0 saturated heterocycles. The summed E-state index contributed by atoms with van der Waals surface area (Å²) in [4.78, 5) is 0. The molecule has 0 aliphatic rings. The summed E-state index contributed by atoms with van der Waals surface area (Å²) >= 11 is 4.65. The minimum atomic E-state index is 0.993. The smallest absolute Gasteiger partial charge is 0.0603 e. The van der Waals surface area contributed by atoms with E-state index in [-0.39, 0.29) is 0 Å². The average Bonchev–Trinajstić information content (AvgIpc) is 1.86. The van der Waals surface area contributed by atoms with Crippen molar-refractivity contribution in [3.63, 3.8) is 0 Å². The summed E-state index contributed by atoms with van der Waals surface area (Å²) in [6, 6.07) is 1.84. The number of thiophene rings is 1. The van der Waals surface area contributed by atoms with E-state index in [1.54, 1.807) is 0 Å². The molecule has 0 nitrogen and oxygen atoms in total. The van der Waals surface area contributed by atoms with Crippen molar-refractivity contribution in [2.45, 2.75) is 0 Å². The van der Waals surface area contributed by atoms with Gasteiger partial charge in [0.2, 0.25) is 0 Å². The molecule has 0 aromatic carbocycles. The Balaban J connectivity index is 3.05. The largest absolute Gasteiger partial charge is 0.132 e. The van der Waals surface area contributed by atoms with Crippen LogP contribution in [0, 0.1) is 10.8 Å². The molecule has 2 heteroatoms. The molecule has 0 saturated carbocycles. The SMILES string of the molecule is Brc1[c]s[c]c1. The second-order valence-electron chi connectivity index (χ2n) is 0.814. The van der Waals surface area contributed by atoms with Crippen molar-refractivity contribution in [2.75, 3.05) is 0 Å². The summed E-state index contributed by atoms with van der Waals surface area (Å²) in [6.07, 6.45) is 0. The Morgan fingerprint density at radius 1 is 1.83 bits per heavy atom. The van der Waals surface area contributed by atoms with Gasteiger partial charge in [-0.3, -0.25) is 0 Å². The predicted octanol–water partition coefficient (Wildman–Crippen LogP) is 2.11. The fourth-order valence-corrected chi connectivity index (χ4v) is 1.09. The van der Waals surface area contributed by atoms with Crippen LogP contribution in [0.25, 0.3) is 0 Å². The van der Waals surface area contributed by atoms with Crippen LogP contribution in [0.15, 0.2) is 10.5 Å². The Kier molecular flexibility index (Phi) is 1.27. The molecule has 0 aliphatic heterocycles. The van der Waals surface area contributed by atoms with Crippen molar-refractivity contribution in [2.24, 2.45) is 0 Å². The van der Waals surface area contributed by atoms with Gasteiger partial charge < -0.3 is 0 Å². The fourth-order valence-electron chi connectivity index (χ4n) is 0.189. The topological polar surface area (TPSA) is 0 Å². The Bertz CT molecular complexity index is 111. The first kappa shape index (κ1) is 4.34. The van der Waals surface area contributed by atoms with Gasteiger partial charge in [0.15, 0.2) is 0 Å². The van der Waals surface area contributed by atoms with E-state index in [0.717, 1.165) is 4.47 Å². The second kappa shape index (κ2) is 1.76. The molecular formula is C4HBrS. The maximum absolute atomic E-state index is 3.20. The number of hydrogen-bond acceptors (Lipinski definition) is 1. The molecule has 1 rings (SSSR count). The molecule has 0 fully saturated rings. The van der Waals surface area contributed by atoms with Gasteiger partial charge in [-0.25, -0.2) is 0 Å². The van der Waals surface area contributed by atoms with Crippen LogP contribution < -0.4 is 0 Å². The molecule has 6 heavy (non-hydrogen) atoms. The molecule has 1 aromatic heterocycles. The van der Waals surface area contributed by atoms with Gasteiger partial charge in [0.25, 0.3) is 0 Å². The third kappa shape index (κ3) is 0.820. The molecule has 0 aliphatic carbocycles. The highest BCUT2D eigenvalue weighted by Crippen LogP contribution is 2.09. The number of rotatable bonds is 0. The monoisotopic (exact) mass is 160 g/mol. The standard InChI is InChI=1S/C4HBrS/c5-4-1-2-6-3-4/h1H. The zero-order valence-electron chi connectivity index (χ0n) is 2.86. The molecule has 1 aromatic rings. The molecule has 0 atom stereocenters. The van der Waals surface area contributed by atoms with Crippen LogP contribution in [0.4, 0.5) is 0 Å². The van der Waals surface area contributed by atoms with Crippen LogP contribution in [0.3, 0.4) is 0 Å². The Labute approximate surface area is 48.9 Å². The van der Waals surface area contributed by atoms with Crippen molar-refractivity contribution in [1.29, 1.82) is 0 Å². The van der Waals surface area contributed by atoms with Crippen molar-refractivity contribution >= 4 is 27.3 Å². The molecule has 0 N–H and O–H groups in total. The predicted molar refractivity (Wildman–Crippen MR) is 29.7 cm³/mol. The summed E-state index contributed by atoms with van der Waals surface area (Å²) in [7, 11) is 0. The van der Waals surface area contributed by atoms with Crippen LogP contribution in [-0.2, 0) is 0 Å². The number of hydrogen-bond donors (Lipinski definition) is 0. The summed E-state index contributed by atoms with van der Waals surface area (Å²) in [6.45, 7) is 0. The van der Waals surface area contributed by atoms with Gasteiger partial charge >= 0.3 is 0 Å². The van der Waals surface area contributed by atoms with Crippen molar-refractivity contribution in [3.05, 3.63) is 21.3 Å². The summed E-state index contributed by atoms with van der Waals surface area (Å²) < 4.78 is 0.993. The zero-order chi connectivity index (χ0) is 4.41. The van der Waals surface area contributed by atoms with E-state index in [1.807, 2.05) is 6.07 Å². The van der Waals surface area contributed by atoms with Gasteiger partial charge in [0.05, 0.1) is 5.38 Å². The van der Waals surface area contributed by atoms with E-state index < -0.39 is 0 Å². The second-order valence-corrected chi connectivity index (χ2v) is 2.31. The van der Waals surface area contributed by atoms with Crippen LogP contribution in [0.1, 0.15) is 0 Å². The average molecular weight is 161 g/mol. The van der Waals surface area contributed by atoms with Gasteiger partial charge in [-0.1, -0.05) is 0 Å². The van der Waals surface area contributed by atoms with E-state index in [4.69, 9.17) is 0 Å². The summed E-state index contributed by atoms with van der Waals surface area (Å²) in [5.41, 5.74) is 0. The Morgan fingerprint density at radius 3 is 2.83 bits per heavy atom. The highest BCUT2D eigenvalue weighted by molar-refractivity contribution is 9.10. The molecule has 1 heterocycles. The minimum Gasteiger partial charge on any atom is -0.132 e. The van der Waals surface area contributed by atoms with Crippen LogP contribution >= 0.6 is 27.3 Å². The zero-order valence-corrected chi connectivity index (χ0v) is 5.27. The number of halogens is 1. The lowest BCUT2D eigenvalue weighted by Gasteiger charge is -1.60. The normalized spacial score (nSPS) is 8.83. The fraction of sp³-hybridized carbons (Fsp3) is 0. The molecule has 30 valence electrons. The molecule has 2 radical (unpaired) electrons. The molecule has 0 bridgehead atoms. The van der Waals surface area contributed by atoms with Crippen LogP contribution in [0.2, 0.25) is 0 Å². The lowest BCUT2D eigenvalue weighted by Crippen LogP contribution is -1.36. The van der Waals surface area contributed by atoms with Crippen molar-refractivity contribution in [3.8, 4) is 0 Å². The third-order valence-electron chi connectivity index (χ3n) is 0.393. The van der Waals surface area contributed by atoms with E-state index in [9.17, 15) is 0 Å². The lowest BCUT2D eigenvalue weighted by molar-refractivity contribution is 1.88. The molecular weight excluding hydrogens is 160 g/mol. The first-order chi connectivity index (χ1) is 2.89. The third-order valence-corrected chi connectivity index (χ3v) is 1.64. The van der Waals surface area contributed by atoms with Crippen molar-refractivity contribution < 1.29 is 0 Å². The van der Waals surface area contributed by atoms with Gasteiger partial charge in [0, 0.05) is 9.85 Å². The highest BCUT2D eigenvalue weighted by atomic mass is 79.9. The maximum Gasteiger partial charge on any atom is 0.0603 e. The molecule has 0 spiro atoms. The van der Waals surface area contributed by atoms with Crippen LogP contribution in [-0.4, -0.2) is 0 Å². The first-order valence-corrected chi connectivity index (χ1v) is 3.03. The highest BCUT2D eigenvalue weighted by Gasteiger charge is 1.79. The summed E-state index contributed by atoms with van der Waals surface area (Å²) in [5.74, 6) is 0. The van der Waals surface area contributed by atoms with Crippen molar-refractivity contribution in [1.82, 2.24) is 0 Å². The van der Waals surface area contributed by atoms with Gasteiger partial charge in [-0.2, -0.15) is 0 Å². The minimum absolute atomic E-state index is 0.993. The lowest BCUT2D eigenvalue weighted by atomic mass is 10.7. The van der Waals surface area contributed by atoms with Gasteiger partial charge in [-0.05, 0) is 22.0 Å². The summed E-state index contributed by atoms with van der Waals surface area (Å²) in [5, 5.41) is 5.77. The molecule has 0 amide bonds. The molecule has 0 unspecified atom stereocenters.